The molecule has 21 heavy (non-hydrogen) atoms. The maximum absolute atomic E-state index is 11.6. The second kappa shape index (κ2) is 7.61. The molecule has 1 aromatic rings. The number of hydrogen-bond acceptors (Lipinski definition) is 3. The minimum Gasteiger partial charge on any atom is -0.450 e. The van der Waals surface area contributed by atoms with E-state index in [1.807, 2.05) is 31.2 Å². The van der Waals surface area contributed by atoms with Crippen molar-refractivity contribution in [3.05, 3.63) is 28.7 Å². The molecular weight excluding hydrogens is 354 g/mol. The summed E-state index contributed by atoms with van der Waals surface area (Å²) in [7, 11) is 0. The molecule has 0 aliphatic carbocycles. The molecule has 1 fully saturated rings. The molecule has 1 aliphatic heterocycles. The van der Waals surface area contributed by atoms with Crippen LogP contribution >= 0.6 is 28.1 Å². The minimum atomic E-state index is -0.248. The van der Waals surface area contributed by atoms with Gasteiger partial charge in [-0.25, -0.2) is 4.79 Å². The van der Waals surface area contributed by atoms with E-state index in [1.54, 1.807) is 4.90 Å². The molecule has 114 valence electrons. The zero-order valence-corrected chi connectivity index (χ0v) is 14.2. The van der Waals surface area contributed by atoms with Crippen molar-refractivity contribution >= 4 is 45.0 Å². The highest BCUT2D eigenvalue weighted by Crippen LogP contribution is 2.21. The fourth-order valence-electron chi connectivity index (χ4n) is 2.06. The van der Waals surface area contributed by atoms with Gasteiger partial charge in [0.15, 0.2) is 5.11 Å². The average Bonchev–Trinajstić information content (AvgIpc) is 2.50. The number of nitrogens with one attached hydrogen (secondary N) is 1. The number of halogens is 1. The fraction of sp³-hybridized carbons (Fsp3) is 0.429. The Morgan fingerprint density at radius 1 is 1.29 bits per heavy atom. The van der Waals surface area contributed by atoms with Crippen LogP contribution in [0.15, 0.2) is 28.7 Å². The van der Waals surface area contributed by atoms with E-state index < -0.39 is 0 Å². The number of thiocarbonyl (C=S) groups is 1. The van der Waals surface area contributed by atoms with Crippen molar-refractivity contribution in [2.45, 2.75) is 6.92 Å². The van der Waals surface area contributed by atoms with Gasteiger partial charge in [0.2, 0.25) is 0 Å². The molecule has 0 atom stereocenters. The van der Waals surface area contributed by atoms with Gasteiger partial charge in [-0.3, -0.25) is 0 Å². The first-order valence-corrected chi connectivity index (χ1v) is 8.04. The van der Waals surface area contributed by atoms with Gasteiger partial charge in [-0.2, -0.15) is 0 Å². The number of hydrogen-bond donors (Lipinski definition) is 1. The molecule has 1 N–H and O–H groups in total. The zero-order valence-electron chi connectivity index (χ0n) is 11.8. The Bertz CT molecular complexity index is 519. The van der Waals surface area contributed by atoms with Gasteiger partial charge in [0.05, 0.1) is 12.3 Å². The van der Waals surface area contributed by atoms with Crippen molar-refractivity contribution in [2.75, 3.05) is 38.1 Å². The normalized spacial score (nSPS) is 14.8. The number of para-hydroxylation sites is 1. The lowest BCUT2D eigenvalue weighted by Crippen LogP contribution is -2.51. The third-order valence-electron chi connectivity index (χ3n) is 3.21. The molecule has 0 saturated carbocycles. The van der Waals surface area contributed by atoms with Crippen LogP contribution in [0.4, 0.5) is 10.5 Å². The molecular formula is C14H18BrN3O2S. The molecule has 1 amide bonds. The second-order valence-electron chi connectivity index (χ2n) is 4.58. The summed E-state index contributed by atoms with van der Waals surface area (Å²) < 4.78 is 5.97. The van der Waals surface area contributed by atoms with Gasteiger partial charge in [-0.1, -0.05) is 12.1 Å². The average molecular weight is 372 g/mol. The summed E-state index contributed by atoms with van der Waals surface area (Å²) in [5.41, 5.74) is 0.940. The summed E-state index contributed by atoms with van der Waals surface area (Å²) in [6.07, 6.45) is -0.248. The highest BCUT2D eigenvalue weighted by molar-refractivity contribution is 9.10. The molecule has 0 aromatic heterocycles. The van der Waals surface area contributed by atoms with Crippen molar-refractivity contribution in [3.63, 3.8) is 0 Å². The molecule has 1 aliphatic rings. The molecule has 1 saturated heterocycles. The summed E-state index contributed by atoms with van der Waals surface area (Å²) in [5.74, 6) is 0. The molecule has 7 heteroatoms. The maximum Gasteiger partial charge on any atom is 0.409 e. The van der Waals surface area contributed by atoms with Crippen LogP contribution in [0.25, 0.3) is 0 Å². The second-order valence-corrected chi connectivity index (χ2v) is 5.82. The van der Waals surface area contributed by atoms with E-state index in [-0.39, 0.29) is 6.09 Å². The quantitative estimate of drug-likeness (QED) is 0.809. The molecule has 1 aromatic carbocycles. The summed E-state index contributed by atoms with van der Waals surface area (Å²) in [4.78, 5) is 15.4. The largest absolute Gasteiger partial charge is 0.450 e. The molecule has 5 nitrogen and oxygen atoms in total. The van der Waals surface area contributed by atoms with Gasteiger partial charge in [0.1, 0.15) is 0 Å². The highest BCUT2D eigenvalue weighted by Gasteiger charge is 2.23. The van der Waals surface area contributed by atoms with Gasteiger partial charge < -0.3 is 19.9 Å². The third-order valence-corrected chi connectivity index (χ3v) is 4.26. The molecule has 2 rings (SSSR count). The Balaban J connectivity index is 1.86. The van der Waals surface area contributed by atoms with Gasteiger partial charge >= 0.3 is 6.09 Å². The van der Waals surface area contributed by atoms with E-state index in [1.165, 1.54) is 0 Å². The number of piperazine rings is 1. The molecule has 1 heterocycles. The fourth-order valence-corrected chi connectivity index (χ4v) is 2.74. The van der Waals surface area contributed by atoms with Crippen molar-refractivity contribution in [2.24, 2.45) is 0 Å². The van der Waals surface area contributed by atoms with Crippen LogP contribution in [0.2, 0.25) is 0 Å². The maximum atomic E-state index is 11.6. The minimum absolute atomic E-state index is 0.248. The van der Waals surface area contributed by atoms with Crippen LogP contribution in [0.1, 0.15) is 6.92 Å². The number of rotatable bonds is 2. The summed E-state index contributed by atoms with van der Waals surface area (Å²) in [6.45, 7) is 4.86. The van der Waals surface area contributed by atoms with Crippen molar-refractivity contribution in [1.82, 2.24) is 9.80 Å². The van der Waals surface area contributed by atoms with E-state index >= 15 is 0 Å². The predicted molar refractivity (Wildman–Crippen MR) is 90.5 cm³/mol. The lowest BCUT2D eigenvalue weighted by Gasteiger charge is -2.35. The topological polar surface area (TPSA) is 44.8 Å². The van der Waals surface area contributed by atoms with Crippen LogP contribution in [-0.2, 0) is 4.74 Å². The van der Waals surface area contributed by atoms with Crippen LogP contribution in [0.5, 0.6) is 0 Å². The van der Waals surface area contributed by atoms with Crippen LogP contribution < -0.4 is 5.32 Å². The first-order valence-electron chi connectivity index (χ1n) is 6.84. The third kappa shape index (κ3) is 4.31. The zero-order chi connectivity index (χ0) is 15.2. The Morgan fingerprint density at radius 3 is 2.52 bits per heavy atom. The smallest absolute Gasteiger partial charge is 0.409 e. The SMILES string of the molecule is CCOC(=O)N1CCN(C(=S)Nc2ccccc2Br)CC1. The highest BCUT2D eigenvalue weighted by atomic mass is 79.9. The Morgan fingerprint density at radius 2 is 1.90 bits per heavy atom. The molecule has 0 unspecified atom stereocenters. The van der Waals surface area contributed by atoms with Crippen molar-refractivity contribution < 1.29 is 9.53 Å². The van der Waals surface area contributed by atoms with E-state index in [9.17, 15) is 4.79 Å². The monoisotopic (exact) mass is 371 g/mol. The number of anilines is 1. The van der Waals surface area contributed by atoms with Crippen molar-refractivity contribution in [1.29, 1.82) is 0 Å². The first-order chi connectivity index (χ1) is 10.1. The molecule has 0 radical (unpaired) electrons. The van der Waals surface area contributed by atoms with E-state index in [2.05, 4.69) is 26.1 Å². The van der Waals surface area contributed by atoms with Crippen LogP contribution in [-0.4, -0.2) is 53.8 Å². The number of nitrogens with zero attached hydrogens (tertiary/aromatic N) is 2. The molecule has 0 spiro atoms. The van der Waals surface area contributed by atoms with E-state index in [4.69, 9.17) is 17.0 Å². The summed E-state index contributed by atoms with van der Waals surface area (Å²) in [6, 6.07) is 7.83. The first kappa shape index (κ1) is 16.0. The van der Waals surface area contributed by atoms with Gasteiger partial charge in [-0.05, 0) is 47.2 Å². The predicted octanol–water partition coefficient (Wildman–Crippen LogP) is 2.92. The van der Waals surface area contributed by atoms with Gasteiger partial charge in [-0.15, -0.1) is 0 Å². The Kier molecular flexibility index (Phi) is 5.81. The van der Waals surface area contributed by atoms with Crippen LogP contribution in [0.3, 0.4) is 0 Å². The number of benzene rings is 1. The van der Waals surface area contributed by atoms with Crippen LogP contribution in [0, 0.1) is 0 Å². The lowest BCUT2D eigenvalue weighted by molar-refractivity contribution is 0.0923. The number of ether oxygens (including phenoxy) is 1. The standard InChI is InChI=1S/C14H18BrN3O2S/c1-2-20-14(19)18-9-7-17(8-10-18)13(21)16-12-6-4-3-5-11(12)15/h3-6H,2,7-10H2,1H3,(H,16,21). The molecule has 0 bridgehead atoms. The van der Waals surface area contributed by atoms with E-state index in [0.29, 0.717) is 37.9 Å². The van der Waals surface area contributed by atoms with Gasteiger partial charge in [0.25, 0.3) is 0 Å². The summed E-state index contributed by atoms with van der Waals surface area (Å²) >= 11 is 8.92. The Hall–Kier alpha value is -1.34. The van der Waals surface area contributed by atoms with Gasteiger partial charge in [0, 0.05) is 30.7 Å². The summed E-state index contributed by atoms with van der Waals surface area (Å²) in [5, 5.41) is 3.90. The van der Waals surface area contributed by atoms with Crippen molar-refractivity contribution in [3.8, 4) is 0 Å². The number of amides is 1. The Labute approximate surface area is 138 Å². The number of carbonyl (C=O) groups excluding carboxylic acids is 1. The van der Waals surface area contributed by atoms with E-state index in [0.717, 1.165) is 10.2 Å². The lowest BCUT2D eigenvalue weighted by atomic mass is 10.3. The number of carbonyl (C=O) groups is 1.